The molecule has 0 aliphatic carbocycles. The molecule has 0 radical (unpaired) electrons. The van der Waals surface area contributed by atoms with E-state index in [1.165, 1.54) is 0 Å². The highest BCUT2D eigenvalue weighted by molar-refractivity contribution is 9.10. The lowest BCUT2D eigenvalue weighted by Gasteiger charge is -2.07. The first-order valence-electron chi connectivity index (χ1n) is 5.13. The summed E-state index contributed by atoms with van der Waals surface area (Å²) in [6.07, 6.45) is 0. The fourth-order valence-electron chi connectivity index (χ4n) is 1.43. The highest BCUT2D eigenvalue weighted by Gasteiger charge is 2.15. The average molecular weight is 331 g/mol. The van der Waals surface area contributed by atoms with Crippen LogP contribution in [0.3, 0.4) is 0 Å². The maximum absolute atomic E-state index is 11.9. The maximum atomic E-state index is 11.9. The van der Waals surface area contributed by atoms with Gasteiger partial charge in [-0.2, -0.15) is 0 Å². The summed E-state index contributed by atoms with van der Waals surface area (Å²) in [6.45, 7) is 1.71. The summed E-state index contributed by atoms with van der Waals surface area (Å²) < 4.78 is 31.8. The monoisotopic (exact) mass is 330 g/mol. The molecule has 0 unspecified atom stereocenters. The quantitative estimate of drug-likeness (QED) is 0.935. The number of halogens is 1. The molecule has 0 bridgehead atoms. The number of sulfonamides is 1. The van der Waals surface area contributed by atoms with Gasteiger partial charge >= 0.3 is 0 Å². The Kier molecular flexibility index (Phi) is 3.72. The van der Waals surface area contributed by atoms with Crippen LogP contribution in [0.15, 0.2) is 39.3 Å². The number of hydrogen-bond donors (Lipinski definition) is 1. The third-order valence-corrected chi connectivity index (χ3v) is 4.05. The Morgan fingerprint density at radius 3 is 2.72 bits per heavy atom. The van der Waals surface area contributed by atoms with Gasteiger partial charge in [0.1, 0.15) is 17.2 Å². The molecule has 2 rings (SSSR count). The smallest absolute Gasteiger partial charge is 0.238 e. The molecule has 1 aromatic carbocycles. The zero-order chi connectivity index (χ0) is 13.2. The van der Waals surface area contributed by atoms with Crippen molar-refractivity contribution in [2.75, 3.05) is 4.72 Å². The molecule has 1 heterocycles. The summed E-state index contributed by atoms with van der Waals surface area (Å²) in [5.74, 6) is 0.368. The fraction of sp³-hybridized carbons (Fsp3) is 0.182. The number of anilines is 1. The minimum absolute atomic E-state index is 0.217. The minimum atomic E-state index is -3.50. The average Bonchev–Trinajstić information content (AvgIpc) is 2.66. The highest BCUT2D eigenvalue weighted by Crippen LogP contribution is 2.23. The Bertz CT molecular complexity index is 652. The van der Waals surface area contributed by atoms with Crippen LogP contribution in [-0.4, -0.2) is 13.6 Å². The Balaban J connectivity index is 2.15. The summed E-state index contributed by atoms with van der Waals surface area (Å²) in [4.78, 5) is 0. The molecule has 1 N–H and O–H groups in total. The molecule has 5 nitrogen and oxygen atoms in total. The summed E-state index contributed by atoms with van der Waals surface area (Å²) in [6, 6.07) is 8.60. The van der Waals surface area contributed by atoms with E-state index in [4.69, 9.17) is 4.52 Å². The minimum Gasteiger partial charge on any atom is -0.361 e. The second-order valence-electron chi connectivity index (χ2n) is 3.77. The van der Waals surface area contributed by atoms with Gasteiger partial charge in [0, 0.05) is 10.5 Å². The molecule has 0 saturated heterocycles. The third-order valence-electron chi connectivity index (χ3n) is 2.15. The van der Waals surface area contributed by atoms with Crippen LogP contribution >= 0.6 is 15.9 Å². The normalized spacial score (nSPS) is 11.4. The zero-order valence-electron chi connectivity index (χ0n) is 9.55. The van der Waals surface area contributed by atoms with Gasteiger partial charge in [-0.15, -0.1) is 0 Å². The van der Waals surface area contributed by atoms with Crippen molar-refractivity contribution in [1.29, 1.82) is 0 Å². The molecule has 0 spiro atoms. The Morgan fingerprint density at radius 1 is 1.39 bits per heavy atom. The number of aromatic nitrogens is 1. The molecular weight excluding hydrogens is 320 g/mol. The number of aryl methyl sites for hydroxylation is 1. The van der Waals surface area contributed by atoms with Gasteiger partial charge < -0.3 is 4.52 Å². The van der Waals surface area contributed by atoms with Gasteiger partial charge in [-0.05, 0) is 35.0 Å². The van der Waals surface area contributed by atoms with E-state index in [0.717, 1.165) is 0 Å². The predicted octanol–water partition coefficient (Wildman–Crippen LogP) is 2.69. The first kappa shape index (κ1) is 13.1. The number of hydrogen-bond acceptors (Lipinski definition) is 4. The zero-order valence-corrected chi connectivity index (χ0v) is 12.0. The molecule has 96 valence electrons. The van der Waals surface area contributed by atoms with E-state index in [2.05, 4.69) is 25.8 Å². The van der Waals surface area contributed by atoms with Crippen molar-refractivity contribution < 1.29 is 12.9 Å². The van der Waals surface area contributed by atoms with E-state index in [1.807, 2.05) is 6.07 Å². The number of benzene rings is 1. The van der Waals surface area contributed by atoms with Crippen molar-refractivity contribution in [1.82, 2.24) is 5.16 Å². The lowest BCUT2D eigenvalue weighted by molar-refractivity contribution is 0.392. The fourth-order valence-corrected chi connectivity index (χ4v) is 3.05. The maximum Gasteiger partial charge on any atom is 0.238 e. The highest BCUT2D eigenvalue weighted by atomic mass is 79.9. The van der Waals surface area contributed by atoms with Crippen molar-refractivity contribution in [2.45, 2.75) is 12.7 Å². The van der Waals surface area contributed by atoms with Crippen molar-refractivity contribution in [2.24, 2.45) is 0 Å². The molecule has 0 amide bonds. The predicted molar refractivity (Wildman–Crippen MR) is 71.6 cm³/mol. The molecular formula is C11H11BrN2O3S. The van der Waals surface area contributed by atoms with Crippen LogP contribution < -0.4 is 4.72 Å². The molecule has 7 heteroatoms. The summed E-state index contributed by atoms with van der Waals surface area (Å²) in [5.41, 5.74) is 0.879. The van der Waals surface area contributed by atoms with Crippen LogP contribution in [0.1, 0.15) is 11.5 Å². The first-order valence-corrected chi connectivity index (χ1v) is 7.58. The van der Waals surface area contributed by atoms with E-state index in [0.29, 0.717) is 21.6 Å². The lowest BCUT2D eigenvalue weighted by Crippen LogP contribution is -2.15. The molecule has 2 aromatic rings. The van der Waals surface area contributed by atoms with Gasteiger partial charge in [0.05, 0.1) is 5.69 Å². The summed E-state index contributed by atoms with van der Waals surface area (Å²) >= 11 is 3.28. The molecule has 0 atom stereocenters. The van der Waals surface area contributed by atoms with Crippen LogP contribution in [0, 0.1) is 6.92 Å². The SMILES string of the molecule is Cc1cc(CS(=O)(=O)Nc2ccccc2Br)no1. The van der Waals surface area contributed by atoms with Crippen molar-refractivity contribution >= 4 is 31.6 Å². The van der Waals surface area contributed by atoms with Crippen LogP contribution in [-0.2, 0) is 15.8 Å². The molecule has 1 aromatic heterocycles. The van der Waals surface area contributed by atoms with E-state index in [9.17, 15) is 8.42 Å². The third kappa shape index (κ3) is 3.33. The van der Waals surface area contributed by atoms with Gasteiger partial charge in [-0.3, -0.25) is 4.72 Å². The van der Waals surface area contributed by atoms with Crippen molar-refractivity contribution in [3.8, 4) is 0 Å². The van der Waals surface area contributed by atoms with Gasteiger partial charge in [0.15, 0.2) is 0 Å². The van der Waals surface area contributed by atoms with Crippen LogP contribution in [0.4, 0.5) is 5.69 Å². The molecule has 18 heavy (non-hydrogen) atoms. The number of rotatable bonds is 4. The molecule has 0 fully saturated rings. The van der Waals surface area contributed by atoms with Crippen LogP contribution in [0.25, 0.3) is 0 Å². The van der Waals surface area contributed by atoms with Crippen molar-refractivity contribution in [3.05, 3.63) is 46.3 Å². The van der Waals surface area contributed by atoms with E-state index >= 15 is 0 Å². The first-order chi connectivity index (χ1) is 8.46. The number of nitrogens with one attached hydrogen (secondary N) is 1. The van der Waals surface area contributed by atoms with Crippen LogP contribution in [0.2, 0.25) is 0 Å². The largest absolute Gasteiger partial charge is 0.361 e. The van der Waals surface area contributed by atoms with Gasteiger partial charge in [-0.1, -0.05) is 17.3 Å². The molecule has 0 saturated carbocycles. The molecule has 0 aliphatic heterocycles. The Hall–Kier alpha value is -1.34. The van der Waals surface area contributed by atoms with Crippen LogP contribution in [0.5, 0.6) is 0 Å². The summed E-state index contributed by atoms with van der Waals surface area (Å²) in [5, 5.41) is 3.66. The second-order valence-corrected chi connectivity index (χ2v) is 6.35. The number of nitrogens with zero attached hydrogens (tertiary/aromatic N) is 1. The van der Waals surface area contributed by atoms with E-state index in [-0.39, 0.29) is 5.75 Å². The van der Waals surface area contributed by atoms with Gasteiger partial charge in [0.25, 0.3) is 0 Å². The topological polar surface area (TPSA) is 72.2 Å². The second kappa shape index (κ2) is 5.11. The van der Waals surface area contributed by atoms with Crippen molar-refractivity contribution in [3.63, 3.8) is 0 Å². The van der Waals surface area contributed by atoms with Gasteiger partial charge in [-0.25, -0.2) is 8.42 Å². The van der Waals surface area contributed by atoms with E-state index in [1.54, 1.807) is 31.2 Å². The lowest BCUT2D eigenvalue weighted by atomic mass is 10.3. The Morgan fingerprint density at radius 2 is 2.11 bits per heavy atom. The van der Waals surface area contributed by atoms with E-state index < -0.39 is 10.0 Å². The number of para-hydroxylation sites is 1. The summed E-state index contributed by atoms with van der Waals surface area (Å²) in [7, 11) is -3.50. The molecule has 0 aliphatic rings. The standard InChI is InChI=1S/C11H11BrN2O3S/c1-8-6-9(13-17-8)7-18(15,16)14-11-5-3-2-4-10(11)12/h2-6,14H,7H2,1H3. The van der Waals surface area contributed by atoms with Gasteiger partial charge in [0.2, 0.25) is 10.0 Å². The Labute approximate surface area is 113 Å².